The molecular formula is C18H26ClN3O2S. The number of halogens is 1. The standard InChI is InChI=1S/C18H26ClN3O2S/c1-13(2)20-17(23)12-21-8-10-22(11-9-21)18(24)14(3)25-16-6-4-15(19)5-7-16/h4-7,13-14H,8-12H2,1-3H3,(H,20,23). The zero-order valence-corrected chi connectivity index (χ0v) is 16.6. The lowest BCUT2D eigenvalue weighted by molar-refractivity contribution is -0.132. The number of carbonyl (C=O) groups is 2. The molecule has 25 heavy (non-hydrogen) atoms. The van der Waals surface area contributed by atoms with Crippen molar-refractivity contribution >= 4 is 35.2 Å². The first-order valence-corrected chi connectivity index (χ1v) is 9.83. The van der Waals surface area contributed by atoms with E-state index in [1.165, 1.54) is 0 Å². The Morgan fingerprint density at radius 1 is 1.12 bits per heavy atom. The molecule has 1 atom stereocenters. The van der Waals surface area contributed by atoms with Gasteiger partial charge in [-0.05, 0) is 45.0 Å². The first kappa shape index (κ1) is 20.1. The van der Waals surface area contributed by atoms with Crippen molar-refractivity contribution < 1.29 is 9.59 Å². The summed E-state index contributed by atoms with van der Waals surface area (Å²) in [4.78, 5) is 29.5. The van der Waals surface area contributed by atoms with Gasteiger partial charge in [-0.25, -0.2) is 0 Å². The molecule has 1 fully saturated rings. The van der Waals surface area contributed by atoms with E-state index < -0.39 is 0 Å². The third kappa shape index (κ3) is 6.53. The third-order valence-corrected chi connectivity index (χ3v) is 5.33. The molecule has 0 aliphatic carbocycles. The maximum atomic E-state index is 12.6. The van der Waals surface area contributed by atoms with Crippen molar-refractivity contribution in [2.45, 2.75) is 37.0 Å². The van der Waals surface area contributed by atoms with Crippen LogP contribution in [0.5, 0.6) is 0 Å². The highest BCUT2D eigenvalue weighted by Crippen LogP contribution is 2.26. The Labute approximate surface area is 159 Å². The van der Waals surface area contributed by atoms with E-state index in [4.69, 9.17) is 11.6 Å². The van der Waals surface area contributed by atoms with Gasteiger partial charge < -0.3 is 10.2 Å². The van der Waals surface area contributed by atoms with Crippen LogP contribution in [0.3, 0.4) is 0 Å². The zero-order chi connectivity index (χ0) is 18.4. The van der Waals surface area contributed by atoms with Gasteiger partial charge in [0.15, 0.2) is 0 Å². The number of benzene rings is 1. The van der Waals surface area contributed by atoms with Crippen LogP contribution in [-0.4, -0.2) is 65.6 Å². The molecule has 7 heteroatoms. The molecule has 1 aromatic rings. The van der Waals surface area contributed by atoms with E-state index in [1.54, 1.807) is 11.8 Å². The topological polar surface area (TPSA) is 52.7 Å². The van der Waals surface area contributed by atoms with Gasteiger partial charge in [-0.3, -0.25) is 14.5 Å². The van der Waals surface area contributed by atoms with Crippen molar-refractivity contribution in [3.05, 3.63) is 29.3 Å². The Balaban J connectivity index is 1.78. The number of hydrogen-bond donors (Lipinski definition) is 1. The van der Waals surface area contributed by atoms with Gasteiger partial charge in [0.25, 0.3) is 0 Å². The Hall–Kier alpha value is -1.24. The average Bonchev–Trinajstić information content (AvgIpc) is 2.56. The van der Waals surface area contributed by atoms with Crippen molar-refractivity contribution in [3.8, 4) is 0 Å². The summed E-state index contributed by atoms with van der Waals surface area (Å²) in [5, 5.41) is 3.45. The van der Waals surface area contributed by atoms with Crippen LogP contribution in [0.25, 0.3) is 0 Å². The molecule has 0 radical (unpaired) electrons. The van der Waals surface area contributed by atoms with Crippen LogP contribution in [0, 0.1) is 0 Å². The number of carbonyl (C=O) groups excluding carboxylic acids is 2. The van der Waals surface area contributed by atoms with Gasteiger partial charge in [0, 0.05) is 42.1 Å². The predicted molar refractivity (Wildman–Crippen MR) is 103 cm³/mol. The van der Waals surface area contributed by atoms with Crippen LogP contribution in [-0.2, 0) is 9.59 Å². The molecule has 0 aromatic heterocycles. The highest BCUT2D eigenvalue weighted by atomic mass is 35.5. The van der Waals surface area contributed by atoms with E-state index in [0.717, 1.165) is 18.0 Å². The first-order chi connectivity index (χ1) is 11.8. The molecule has 1 heterocycles. The van der Waals surface area contributed by atoms with E-state index >= 15 is 0 Å². The fraction of sp³-hybridized carbons (Fsp3) is 0.556. The maximum absolute atomic E-state index is 12.6. The molecule has 1 aliphatic rings. The van der Waals surface area contributed by atoms with Gasteiger partial charge in [-0.15, -0.1) is 11.8 Å². The molecule has 0 spiro atoms. The Bertz CT molecular complexity index is 586. The average molecular weight is 384 g/mol. The van der Waals surface area contributed by atoms with Crippen LogP contribution < -0.4 is 5.32 Å². The number of nitrogens with zero attached hydrogens (tertiary/aromatic N) is 2. The van der Waals surface area contributed by atoms with Gasteiger partial charge in [-0.1, -0.05) is 11.6 Å². The quantitative estimate of drug-likeness (QED) is 0.767. The Morgan fingerprint density at radius 2 is 1.72 bits per heavy atom. The number of rotatable bonds is 6. The van der Waals surface area contributed by atoms with Gasteiger partial charge in [0.2, 0.25) is 11.8 Å². The summed E-state index contributed by atoms with van der Waals surface area (Å²) in [6, 6.07) is 7.69. The lowest BCUT2D eigenvalue weighted by Crippen LogP contribution is -2.52. The van der Waals surface area contributed by atoms with Crippen LogP contribution >= 0.6 is 23.4 Å². The minimum absolute atomic E-state index is 0.0430. The normalized spacial score (nSPS) is 16.8. The molecule has 0 bridgehead atoms. The molecule has 0 saturated carbocycles. The molecule has 2 rings (SSSR count). The molecule has 2 amide bonds. The van der Waals surface area contributed by atoms with E-state index in [9.17, 15) is 9.59 Å². The Morgan fingerprint density at radius 3 is 2.28 bits per heavy atom. The van der Waals surface area contributed by atoms with Crippen LogP contribution in [0.1, 0.15) is 20.8 Å². The number of amides is 2. The predicted octanol–water partition coefficient (Wildman–Crippen LogP) is 2.49. The van der Waals surface area contributed by atoms with Crippen LogP contribution in [0.4, 0.5) is 0 Å². The molecule has 1 unspecified atom stereocenters. The van der Waals surface area contributed by atoms with Crippen molar-refractivity contribution in [2.75, 3.05) is 32.7 Å². The highest BCUT2D eigenvalue weighted by molar-refractivity contribution is 8.00. The minimum Gasteiger partial charge on any atom is -0.353 e. The van der Waals surface area contributed by atoms with Gasteiger partial charge >= 0.3 is 0 Å². The SMILES string of the molecule is CC(C)NC(=O)CN1CCN(C(=O)C(C)Sc2ccc(Cl)cc2)CC1. The molecule has 1 aliphatic heterocycles. The smallest absolute Gasteiger partial charge is 0.235 e. The summed E-state index contributed by atoms with van der Waals surface area (Å²) >= 11 is 7.44. The number of hydrogen-bond acceptors (Lipinski definition) is 4. The van der Waals surface area contributed by atoms with Crippen LogP contribution in [0.2, 0.25) is 5.02 Å². The number of piperazine rings is 1. The van der Waals surface area contributed by atoms with E-state index in [1.807, 2.05) is 49.9 Å². The zero-order valence-electron chi connectivity index (χ0n) is 15.0. The lowest BCUT2D eigenvalue weighted by atomic mass is 10.2. The van der Waals surface area contributed by atoms with Gasteiger partial charge in [0.1, 0.15) is 0 Å². The molecule has 1 aromatic carbocycles. The molecule has 5 nitrogen and oxygen atoms in total. The molecule has 1 N–H and O–H groups in total. The van der Waals surface area contributed by atoms with E-state index in [0.29, 0.717) is 24.7 Å². The van der Waals surface area contributed by atoms with Crippen molar-refractivity contribution in [1.82, 2.24) is 15.1 Å². The highest BCUT2D eigenvalue weighted by Gasteiger charge is 2.26. The summed E-state index contributed by atoms with van der Waals surface area (Å²) in [7, 11) is 0. The summed E-state index contributed by atoms with van der Waals surface area (Å²) in [5.41, 5.74) is 0. The largest absolute Gasteiger partial charge is 0.353 e. The van der Waals surface area contributed by atoms with Crippen molar-refractivity contribution in [1.29, 1.82) is 0 Å². The van der Waals surface area contributed by atoms with Crippen molar-refractivity contribution in [2.24, 2.45) is 0 Å². The molecule has 1 saturated heterocycles. The Kier molecular flexibility index (Phi) is 7.59. The second-order valence-electron chi connectivity index (χ2n) is 6.54. The first-order valence-electron chi connectivity index (χ1n) is 8.58. The summed E-state index contributed by atoms with van der Waals surface area (Å²) in [6.07, 6.45) is 0. The fourth-order valence-electron chi connectivity index (χ4n) is 2.72. The maximum Gasteiger partial charge on any atom is 0.235 e. The summed E-state index contributed by atoms with van der Waals surface area (Å²) in [5.74, 6) is 0.188. The summed E-state index contributed by atoms with van der Waals surface area (Å²) < 4.78 is 0. The van der Waals surface area contributed by atoms with Gasteiger partial charge in [0.05, 0.1) is 11.8 Å². The molecule has 138 valence electrons. The molecular weight excluding hydrogens is 358 g/mol. The van der Waals surface area contributed by atoms with E-state index in [2.05, 4.69) is 10.2 Å². The van der Waals surface area contributed by atoms with Gasteiger partial charge in [-0.2, -0.15) is 0 Å². The monoisotopic (exact) mass is 383 g/mol. The van der Waals surface area contributed by atoms with Crippen molar-refractivity contribution in [3.63, 3.8) is 0 Å². The van der Waals surface area contributed by atoms with Crippen LogP contribution in [0.15, 0.2) is 29.2 Å². The minimum atomic E-state index is -0.142. The number of nitrogens with one attached hydrogen (secondary N) is 1. The summed E-state index contributed by atoms with van der Waals surface area (Å²) in [6.45, 7) is 9.03. The third-order valence-electron chi connectivity index (χ3n) is 3.98. The van der Waals surface area contributed by atoms with E-state index in [-0.39, 0.29) is 23.1 Å². The second-order valence-corrected chi connectivity index (χ2v) is 8.39. The fourth-order valence-corrected chi connectivity index (χ4v) is 3.80. The lowest BCUT2D eigenvalue weighted by Gasteiger charge is -2.35. The number of thioether (sulfide) groups is 1. The second kappa shape index (κ2) is 9.46.